The normalized spacial score (nSPS) is 16.1. The molecule has 30 heavy (non-hydrogen) atoms. The standard InChI is InChI=1S/C20H21N3O5S2/c1-10-8-11(2)17(15(9-10)14(5)24)21-19(25)18-16(6-7-29-18)30(26,27)23-20-12(3)13(4)22-28-20/h6-9,23H,1-5H3,(H,21,25)/i1D3,2D3,8D,9D. The molecule has 0 aliphatic rings. The van der Waals surface area contributed by atoms with Gasteiger partial charge in [0, 0.05) is 19.4 Å². The molecule has 2 heterocycles. The molecule has 10 heteroatoms. The van der Waals surface area contributed by atoms with Crippen molar-refractivity contribution in [3.63, 3.8) is 0 Å². The number of benzene rings is 1. The van der Waals surface area contributed by atoms with Gasteiger partial charge in [-0.2, -0.15) is 0 Å². The van der Waals surface area contributed by atoms with E-state index >= 15 is 0 Å². The lowest BCUT2D eigenvalue weighted by atomic mass is 10.0. The number of nitrogens with one attached hydrogen (secondary N) is 2. The quantitative estimate of drug-likeness (QED) is 0.537. The van der Waals surface area contributed by atoms with E-state index in [1.165, 1.54) is 5.38 Å². The van der Waals surface area contributed by atoms with E-state index in [0.717, 1.165) is 13.0 Å². The van der Waals surface area contributed by atoms with Crippen molar-refractivity contribution in [2.45, 2.75) is 39.4 Å². The summed E-state index contributed by atoms with van der Waals surface area (Å²) in [5, 5.41) is 7.10. The molecular formula is C20H21N3O5S2. The van der Waals surface area contributed by atoms with E-state index in [1.807, 2.05) is 0 Å². The van der Waals surface area contributed by atoms with Gasteiger partial charge in [0.15, 0.2) is 5.78 Å². The summed E-state index contributed by atoms with van der Waals surface area (Å²) in [4.78, 5) is 24.8. The van der Waals surface area contributed by atoms with E-state index in [-0.39, 0.29) is 5.88 Å². The summed E-state index contributed by atoms with van der Waals surface area (Å²) in [5.74, 6) is -2.29. The Balaban J connectivity index is 2.18. The second kappa shape index (κ2) is 8.04. The smallest absolute Gasteiger partial charge is 0.267 e. The molecule has 3 aromatic rings. The number of aryl methyl sites for hydroxylation is 1. The van der Waals surface area contributed by atoms with Crippen LogP contribution in [0.1, 0.15) is 60.3 Å². The van der Waals surface area contributed by atoms with Crippen molar-refractivity contribution in [2.24, 2.45) is 0 Å². The van der Waals surface area contributed by atoms with Gasteiger partial charge in [0.25, 0.3) is 15.9 Å². The maximum atomic E-state index is 13.3. The number of aromatic nitrogens is 1. The number of ketones is 1. The zero-order valence-corrected chi connectivity index (χ0v) is 17.6. The Hall–Kier alpha value is -2.98. The molecule has 2 N–H and O–H groups in total. The van der Waals surface area contributed by atoms with Gasteiger partial charge in [-0.3, -0.25) is 9.59 Å². The molecule has 0 unspecified atom stereocenters. The molecule has 1 amide bonds. The predicted octanol–water partition coefficient (Wildman–Crippen LogP) is 4.23. The van der Waals surface area contributed by atoms with Crippen molar-refractivity contribution in [1.29, 1.82) is 0 Å². The highest BCUT2D eigenvalue weighted by atomic mass is 32.2. The van der Waals surface area contributed by atoms with Crippen LogP contribution in [-0.2, 0) is 10.0 Å². The largest absolute Gasteiger partial charge is 0.337 e. The molecule has 0 aliphatic heterocycles. The van der Waals surface area contributed by atoms with E-state index in [2.05, 4.69) is 15.2 Å². The molecule has 8 nitrogen and oxygen atoms in total. The van der Waals surface area contributed by atoms with Crippen LogP contribution in [-0.4, -0.2) is 25.3 Å². The van der Waals surface area contributed by atoms with Crippen LogP contribution in [0.5, 0.6) is 0 Å². The molecule has 2 aromatic heterocycles. The lowest BCUT2D eigenvalue weighted by molar-refractivity contribution is 0.101. The minimum Gasteiger partial charge on any atom is -0.337 e. The first kappa shape index (κ1) is 13.3. The van der Waals surface area contributed by atoms with Gasteiger partial charge in [-0.05, 0) is 63.1 Å². The number of Topliss-reactive ketones (excluding diaryl/α,β-unsaturated/α-hetero) is 1. The minimum absolute atomic E-state index is 0.179. The van der Waals surface area contributed by atoms with Gasteiger partial charge < -0.3 is 9.84 Å². The molecule has 3 rings (SSSR count). The molecule has 0 spiro atoms. The average Bonchev–Trinajstić information content (AvgIpc) is 3.34. The van der Waals surface area contributed by atoms with Crippen LogP contribution >= 0.6 is 11.3 Å². The van der Waals surface area contributed by atoms with Crippen molar-refractivity contribution in [3.8, 4) is 0 Å². The molecule has 0 atom stereocenters. The third-order valence-electron chi connectivity index (χ3n) is 4.10. The number of amides is 1. The first-order chi connectivity index (χ1) is 17.3. The average molecular weight is 456 g/mol. The fourth-order valence-corrected chi connectivity index (χ4v) is 4.82. The fraction of sp³-hybridized carbons (Fsp3) is 0.250. The summed E-state index contributed by atoms with van der Waals surface area (Å²) in [6.07, 6.45) is 0. The minimum atomic E-state index is -4.42. The second-order valence-corrected chi connectivity index (χ2v) is 8.77. The Morgan fingerprint density at radius 1 is 1.27 bits per heavy atom. The van der Waals surface area contributed by atoms with Gasteiger partial charge in [0.2, 0.25) is 5.88 Å². The van der Waals surface area contributed by atoms with Crippen LogP contribution in [0, 0.1) is 27.6 Å². The summed E-state index contributed by atoms with van der Waals surface area (Å²) in [6.45, 7) is -2.21. The Morgan fingerprint density at radius 2 is 2.03 bits per heavy atom. The number of rotatable bonds is 6. The molecule has 0 saturated carbocycles. The molecule has 0 aliphatic carbocycles. The molecule has 0 saturated heterocycles. The van der Waals surface area contributed by atoms with Gasteiger partial charge in [0.05, 0.1) is 14.1 Å². The zero-order chi connectivity index (χ0) is 29.0. The van der Waals surface area contributed by atoms with Crippen LogP contribution in [0.15, 0.2) is 32.9 Å². The SMILES string of the molecule is [2H]c1c(C(C)=O)c(NC(=O)c2sccc2S(=O)(=O)Nc2onc(C)c2C)c(C([2H])([2H])[2H])c([2H])c1C([2H])([2H])[2H]. The van der Waals surface area contributed by atoms with Gasteiger partial charge in [-0.15, -0.1) is 11.3 Å². The fourth-order valence-electron chi connectivity index (χ4n) is 2.45. The van der Waals surface area contributed by atoms with Crippen molar-refractivity contribution < 1.29 is 33.5 Å². The summed E-state index contributed by atoms with van der Waals surface area (Å²) in [7, 11) is -4.42. The predicted molar refractivity (Wildman–Crippen MR) is 115 cm³/mol. The van der Waals surface area contributed by atoms with E-state index in [0.29, 0.717) is 22.6 Å². The molecule has 0 radical (unpaired) electrons. The van der Waals surface area contributed by atoms with Gasteiger partial charge in [-0.25, -0.2) is 13.1 Å². The zero-order valence-electron chi connectivity index (χ0n) is 24.0. The maximum absolute atomic E-state index is 13.3. The number of nitrogens with zero attached hydrogens (tertiary/aromatic N) is 1. The number of thiophene rings is 1. The highest BCUT2D eigenvalue weighted by Crippen LogP contribution is 2.29. The van der Waals surface area contributed by atoms with E-state index < -0.39 is 79.7 Å². The number of hydrogen-bond acceptors (Lipinski definition) is 7. The topological polar surface area (TPSA) is 118 Å². The Labute approximate surface area is 189 Å². The first-order valence-corrected chi connectivity index (χ1v) is 10.7. The Kier molecular flexibility index (Phi) is 3.58. The first-order valence-electron chi connectivity index (χ1n) is 12.3. The number of anilines is 2. The van der Waals surface area contributed by atoms with Crippen LogP contribution in [0.2, 0.25) is 0 Å². The highest BCUT2D eigenvalue weighted by Gasteiger charge is 2.27. The summed E-state index contributed by atoms with van der Waals surface area (Å²) < 4.78 is 96.3. The number of hydrogen-bond donors (Lipinski definition) is 2. The van der Waals surface area contributed by atoms with E-state index in [9.17, 15) is 18.0 Å². The summed E-state index contributed by atoms with van der Waals surface area (Å²) >= 11 is 0.680. The lowest BCUT2D eigenvalue weighted by Crippen LogP contribution is -2.20. The Morgan fingerprint density at radius 3 is 2.63 bits per heavy atom. The molecule has 0 fully saturated rings. The van der Waals surface area contributed by atoms with Gasteiger partial charge >= 0.3 is 0 Å². The number of sulfonamides is 1. The third kappa shape index (κ3) is 4.14. The van der Waals surface area contributed by atoms with Crippen LogP contribution in [0.4, 0.5) is 11.6 Å². The molecule has 1 aromatic carbocycles. The third-order valence-corrected chi connectivity index (χ3v) is 6.52. The van der Waals surface area contributed by atoms with E-state index in [1.54, 1.807) is 13.8 Å². The summed E-state index contributed by atoms with van der Waals surface area (Å²) in [5.41, 5.74) is -2.60. The monoisotopic (exact) mass is 455 g/mol. The van der Waals surface area contributed by atoms with Gasteiger partial charge in [0.1, 0.15) is 9.77 Å². The van der Waals surface area contributed by atoms with Gasteiger partial charge in [-0.1, -0.05) is 11.2 Å². The second-order valence-electron chi connectivity index (χ2n) is 6.20. The number of carbonyl (C=O) groups is 2. The maximum Gasteiger partial charge on any atom is 0.267 e. The summed E-state index contributed by atoms with van der Waals surface area (Å²) in [6, 6.07) is -0.893. The van der Waals surface area contributed by atoms with Crippen molar-refractivity contribution >= 4 is 44.6 Å². The highest BCUT2D eigenvalue weighted by molar-refractivity contribution is 7.93. The van der Waals surface area contributed by atoms with E-state index in [4.69, 9.17) is 15.5 Å². The molecular weight excluding hydrogens is 426 g/mol. The number of carbonyl (C=O) groups excluding carboxylic acids is 2. The van der Waals surface area contributed by atoms with Crippen LogP contribution in [0.3, 0.4) is 0 Å². The van der Waals surface area contributed by atoms with Crippen molar-refractivity contribution in [1.82, 2.24) is 5.16 Å². The molecule has 0 bridgehead atoms. The van der Waals surface area contributed by atoms with Crippen LogP contribution < -0.4 is 10.0 Å². The molecule has 158 valence electrons. The van der Waals surface area contributed by atoms with Crippen molar-refractivity contribution in [2.75, 3.05) is 10.0 Å². The van der Waals surface area contributed by atoms with Crippen molar-refractivity contribution in [3.05, 3.63) is 56.4 Å². The Bertz CT molecular complexity index is 1560. The van der Waals surface area contributed by atoms with Crippen LogP contribution in [0.25, 0.3) is 0 Å². The lowest BCUT2D eigenvalue weighted by Gasteiger charge is -2.14.